The van der Waals surface area contributed by atoms with Crippen molar-refractivity contribution in [1.29, 1.82) is 0 Å². The molecule has 0 aromatic carbocycles. The van der Waals surface area contributed by atoms with Gasteiger partial charge in [-0.3, -0.25) is 5.43 Å². The first-order chi connectivity index (χ1) is 7.14. The number of nitrogens with zero attached hydrogens (tertiary/aromatic N) is 2. The molecule has 1 heterocycles. The summed E-state index contributed by atoms with van der Waals surface area (Å²) >= 11 is 0. The van der Waals surface area contributed by atoms with Gasteiger partial charge in [0.15, 0.2) is 11.4 Å². The summed E-state index contributed by atoms with van der Waals surface area (Å²) in [6.07, 6.45) is -10.0. The summed E-state index contributed by atoms with van der Waals surface area (Å²) in [6.45, 7) is 0. The Hall–Kier alpha value is -1.58. The third-order valence-electron chi connectivity index (χ3n) is 1.44. The van der Waals surface area contributed by atoms with Crippen LogP contribution in [0.15, 0.2) is 6.07 Å². The number of nitrogens with one attached hydrogen (secondary N) is 1. The summed E-state index contributed by atoms with van der Waals surface area (Å²) in [6, 6.07) is -0.194. The van der Waals surface area contributed by atoms with Crippen LogP contribution in [0.1, 0.15) is 11.4 Å². The van der Waals surface area contributed by atoms with Crippen molar-refractivity contribution in [3.63, 3.8) is 0 Å². The maximum absolute atomic E-state index is 12.1. The number of nitrogen functional groups attached to an aromatic ring is 1. The van der Waals surface area contributed by atoms with E-state index in [2.05, 4.69) is 15.8 Å². The van der Waals surface area contributed by atoms with Gasteiger partial charge in [-0.2, -0.15) is 26.3 Å². The lowest BCUT2D eigenvalue weighted by molar-refractivity contribution is -0.147. The topological polar surface area (TPSA) is 63.8 Å². The van der Waals surface area contributed by atoms with E-state index in [0.29, 0.717) is 0 Å². The van der Waals surface area contributed by atoms with Crippen molar-refractivity contribution >= 4 is 5.95 Å². The van der Waals surface area contributed by atoms with E-state index in [4.69, 9.17) is 0 Å². The van der Waals surface area contributed by atoms with Gasteiger partial charge in [0, 0.05) is 0 Å². The molecule has 0 unspecified atom stereocenters. The number of hydrazine groups is 1. The predicted octanol–water partition coefficient (Wildman–Crippen LogP) is 1.80. The Morgan fingerprint density at radius 3 is 1.56 bits per heavy atom. The lowest BCUT2D eigenvalue weighted by Crippen LogP contribution is -2.19. The lowest BCUT2D eigenvalue weighted by Gasteiger charge is -2.11. The Morgan fingerprint density at radius 1 is 0.938 bits per heavy atom. The van der Waals surface area contributed by atoms with Crippen molar-refractivity contribution in [2.75, 3.05) is 5.43 Å². The van der Waals surface area contributed by atoms with Gasteiger partial charge >= 0.3 is 12.4 Å². The molecule has 0 aliphatic rings. The number of rotatable bonds is 1. The molecule has 0 amide bonds. The second kappa shape index (κ2) is 3.77. The molecule has 1 rings (SSSR count). The minimum Gasteiger partial charge on any atom is -0.292 e. The highest BCUT2D eigenvalue weighted by atomic mass is 19.4. The smallest absolute Gasteiger partial charge is 0.292 e. The minimum atomic E-state index is -5.01. The van der Waals surface area contributed by atoms with Crippen LogP contribution in [0.3, 0.4) is 0 Å². The van der Waals surface area contributed by atoms with Crippen molar-refractivity contribution in [3.8, 4) is 0 Å². The highest BCUT2D eigenvalue weighted by Gasteiger charge is 2.39. The summed E-state index contributed by atoms with van der Waals surface area (Å²) in [5.41, 5.74) is -1.91. The Bertz CT molecular complexity index is 351. The second-order valence-electron chi connectivity index (χ2n) is 2.60. The fourth-order valence-corrected chi connectivity index (χ4v) is 0.802. The van der Waals surface area contributed by atoms with Gasteiger partial charge < -0.3 is 0 Å². The highest BCUT2D eigenvalue weighted by Crippen LogP contribution is 2.33. The van der Waals surface area contributed by atoms with Gasteiger partial charge in [-0.1, -0.05) is 0 Å². The molecule has 1 aromatic heterocycles. The molecule has 16 heavy (non-hydrogen) atoms. The molecule has 0 radical (unpaired) electrons. The molecular weight excluding hydrogens is 242 g/mol. The van der Waals surface area contributed by atoms with Crippen LogP contribution in [0.2, 0.25) is 0 Å². The van der Waals surface area contributed by atoms with E-state index in [-0.39, 0.29) is 6.07 Å². The number of hydrogen-bond donors (Lipinski definition) is 2. The monoisotopic (exact) mass is 246 g/mol. The molecule has 10 heteroatoms. The van der Waals surface area contributed by atoms with E-state index in [0.717, 1.165) is 0 Å². The third-order valence-corrected chi connectivity index (χ3v) is 1.44. The van der Waals surface area contributed by atoms with Gasteiger partial charge in [-0.25, -0.2) is 15.8 Å². The number of anilines is 1. The van der Waals surface area contributed by atoms with E-state index in [1.807, 2.05) is 0 Å². The zero-order valence-corrected chi connectivity index (χ0v) is 7.32. The Kier molecular flexibility index (Phi) is 2.95. The van der Waals surface area contributed by atoms with Crippen LogP contribution in [0.5, 0.6) is 0 Å². The van der Waals surface area contributed by atoms with Crippen LogP contribution in [0, 0.1) is 0 Å². The summed E-state index contributed by atoms with van der Waals surface area (Å²) in [5, 5.41) is 0. The Morgan fingerprint density at radius 2 is 1.31 bits per heavy atom. The van der Waals surface area contributed by atoms with Crippen LogP contribution >= 0.6 is 0 Å². The molecular formula is C6H4F6N4. The second-order valence-corrected chi connectivity index (χ2v) is 2.60. The average molecular weight is 246 g/mol. The van der Waals surface area contributed by atoms with E-state index in [1.54, 1.807) is 0 Å². The van der Waals surface area contributed by atoms with Gasteiger partial charge in [0.25, 0.3) is 0 Å². The summed E-state index contributed by atoms with van der Waals surface area (Å²) in [7, 11) is 0. The fraction of sp³-hybridized carbons (Fsp3) is 0.333. The minimum absolute atomic E-state index is 0.194. The maximum Gasteiger partial charge on any atom is 0.433 e. The van der Waals surface area contributed by atoms with Crippen LogP contribution < -0.4 is 11.3 Å². The van der Waals surface area contributed by atoms with Crippen molar-refractivity contribution in [2.45, 2.75) is 12.4 Å². The van der Waals surface area contributed by atoms with Crippen molar-refractivity contribution < 1.29 is 26.3 Å². The molecule has 0 spiro atoms. The number of halogens is 6. The van der Waals surface area contributed by atoms with Crippen LogP contribution in [-0.2, 0) is 12.4 Å². The zero-order valence-electron chi connectivity index (χ0n) is 7.32. The van der Waals surface area contributed by atoms with Gasteiger partial charge in [0.05, 0.1) is 0 Å². The van der Waals surface area contributed by atoms with Crippen molar-refractivity contribution in [1.82, 2.24) is 9.97 Å². The van der Waals surface area contributed by atoms with Crippen molar-refractivity contribution in [2.24, 2.45) is 5.84 Å². The van der Waals surface area contributed by atoms with Gasteiger partial charge in [0.1, 0.15) is 0 Å². The van der Waals surface area contributed by atoms with E-state index in [9.17, 15) is 26.3 Å². The normalized spacial score (nSPS) is 12.7. The fourth-order valence-electron chi connectivity index (χ4n) is 0.802. The molecule has 0 aliphatic heterocycles. The lowest BCUT2D eigenvalue weighted by atomic mass is 10.3. The first-order valence-electron chi connectivity index (χ1n) is 3.64. The molecule has 4 nitrogen and oxygen atoms in total. The van der Waals surface area contributed by atoms with Gasteiger partial charge in [0.2, 0.25) is 5.95 Å². The Balaban J connectivity index is 3.33. The molecule has 0 saturated heterocycles. The molecule has 0 atom stereocenters. The molecule has 3 N–H and O–H groups in total. The molecule has 1 aromatic rings. The van der Waals surface area contributed by atoms with Crippen LogP contribution in [0.4, 0.5) is 32.3 Å². The van der Waals surface area contributed by atoms with Crippen LogP contribution in [0.25, 0.3) is 0 Å². The highest BCUT2D eigenvalue weighted by molar-refractivity contribution is 5.28. The standard InChI is InChI=1S/C6H4F6N4/c7-5(8,9)2-1-3(6(10,11)12)15-4(14-2)16-13/h1H,13H2,(H,14,15,16). The van der Waals surface area contributed by atoms with Crippen LogP contribution in [-0.4, -0.2) is 9.97 Å². The first kappa shape index (κ1) is 12.5. The molecule has 0 saturated carbocycles. The number of alkyl halides is 6. The number of hydrogen-bond acceptors (Lipinski definition) is 4. The van der Waals surface area contributed by atoms with E-state index >= 15 is 0 Å². The third kappa shape index (κ3) is 2.72. The summed E-state index contributed by atoms with van der Waals surface area (Å²) < 4.78 is 72.9. The first-order valence-corrected chi connectivity index (χ1v) is 3.64. The zero-order chi connectivity index (χ0) is 12.6. The average Bonchev–Trinajstić information content (AvgIpc) is 2.14. The molecule has 0 fully saturated rings. The number of aromatic nitrogens is 2. The number of nitrogens with two attached hydrogens (primary N) is 1. The maximum atomic E-state index is 12.1. The van der Waals surface area contributed by atoms with E-state index in [1.165, 1.54) is 5.43 Å². The SMILES string of the molecule is NNc1nc(C(F)(F)F)cc(C(F)(F)F)n1. The van der Waals surface area contributed by atoms with Gasteiger partial charge in [-0.15, -0.1) is 0 Å². The Labute approximate surface area is 84.5 Å². The summed E-state index contributed by atoms with van der Waals surface area (Å²) in [4.78, 5) is 5.53. The van der Waals surface area contributed by atoms with Crippen molar-refractivity contribution in [3.05, 3.63) is 17.5 Å². The predicted molar refractivity (Wildman–Crippen MR) is 39.8 cm³/mol. The summed E-state index contributed by atoms with van der Waals surface area (Å²) in [5.74, 6) is 3.71. The van der Waals surface area contributed by atoms with E-state index < -0.39 is 29.7 Å². The molecule has 90 valence electrons. The molecule has 0 bridgehead atoms. The quantitative estimate of drug-likeness (QED) is 0.450. The largest absolute Gasteiger partial charge is 0.433 e. The molecule has 0 aliphatic carbocycles. The van der Waals surface area contributed by atoms with Gasteiger partial charge in [-0.05, 0) is 6.07 Å².